The number of hydrogen-bond donors (Lipinski definition) is 1. The van der Waals surface area contributed by atoms with Crippen molar-refractivity contribution < 1.29 is 9.53 Å². The van der Waals surface area contributed by atoms with Crippen molar-refractivity contribution in [1.82, 2.24) is 15.2 Å². The van der Waals surface area contributed by atoms with Crippen LogP contribution in [0.4, 0.5) is 0 Å². The zero-order valence-electron chi connectivity index (χ0n) is 15.1. The van der Waals surface area contributed by atoms with Gasteiger partial charge in [-0.1, -0.05) is 76.2 Å². The molecule has 1 atom stereocenters. The predicted molar refractivity (Wildman–Crippen MR) is 113 cm³/mol. The molecule has 1 aromatic heterocycles. The normalized spacial score (nSPS) is 16.0. The second-order valence-electron chi connectivity index (χ2n) is 6.48. The molecule has 28 heavy (non-hydrogen) atoms. The lowest BCUT2D eigenvalue weighted by molar-refractivity contribution is 0.0162. The van der Waals surface area contributed by atoms with Crippen LogP contribution in [0.1, 0.15) is 27.7 Å². The van der Waals surface area contributed by atoms with E-state index in [1.54, 1.807) is 0 Å². The molecule has 1 unspecified atom stereocenters. The van der Waals surface area contributed by atoms with Crippen molar-refractivity contribution >= 4 is 52.3 Å². The van der Waals surface area contributed by atoms with Crippen molar-refractivity contribution in [3.63, 3.8) is 0 Å². The second kappa shape index (κ2) is 9.61. The highest BCUT2D eigenvalue weighted by Crippen LogP contribution is 2.36. The second-order valence-corrected chi connectivity index (χ2v) is 7.97. The Morgan fingerprint density at radius 3 is 2.39 bits per heavy atom. The minimum Gasteiger partial charge on any atom is -0.379 e. The standard InChI is InChI=1S/C19H19Cl4N3O2/c1-11-2-4-12(5-3-11)13(26-6-8-28-9-7-26)10-24-19(27)17-15(21)14(20)16(22)18(23)25-17/h2-5,13H,6-10H2,1H3,(H,24,27). The molecule has 1 aromatic carbocycles. The summed E-state index contributed by atoms with van der Waals surface area (Å²) >= 11 is 24.0. The molecule has 0 radical (unpaired) electrons. The van der Waals surface area contributed by atoms with E-state index in [1.165, 1.54) is 5.56 Å². The molecule has 0 bridgehead atoms. The molecule has 3 rings (SSSR count). The van der Waals surface area contributed by atoms with Crippen LogP contribution in [0.2, 0.25) is 20.2 Å². The molecule has 5 nitrogen and oxygen atoms in total. The monoisotopic (exact) mass is 461 g/mol. The number of morpholine rings is 1. The fourth-order valence-corrected chi connectivity index (χ4v) is 3.86. The van der Waals surface area contributed by atoms with E-state index in [1.807, 2.05) is 6.92 Å². The number of nitrogens with zero attached hydrogens (tertiary/aromatic N) is 2. The van der Waals surface area contributed by atoms with Crippen LogP contribution in [0.15, 0.2) is 24.3 Å². The first-order valence-electron chi connectivity index (χ1n) is 8.75. The van der Waals surface area contributed by atoms with E-state index in [0.717, 1.165) is 18.7 Å². The Labute approximate surface area is 183 Å². The topological polar surface area (TPSA) is 54.5 Å². The molecule has 2 aromatic rings. The van der Waals surface area contributed by atoms with Gasteiger partial charge in [0.05, 0.1) is 34.3 Å². The molecule has 9 heteroatoms. The summed E-state index contributed by atoms with van der Waals surface area (Å²) in [5, 5.41) is 2.84. The summed E-state index contributed by atoms with van der Waals surface area (Å²) in [6, 6.07) is 8.25. The predicted octanol–water partition coefficient (Wildman–Crippen LogP) is 4.81. The van der Waals surface area contributed by atoms with Gasteiger partial charge >= 0.3 is 0 Å². The van der Waals surface area contributed by atoms with Gasteiger partial charge in [-0.3, -0.25) is 9.69 Å². The highest BCUT2D eigenvalue weighted by atomic mass is 35.5. The molecule has 1 saturated heterocycles. The van der Waals surface area contributed by atoms with Gasteiger partial charge in [-0.15, -0.1) is 0 Å². The number of hydrogen-bond acceptors (Lipinski definition) is 4. The summed E-state index contributed by atoms with van der Waals surface area (Å²) in [6.45, 7) is 5.30. The molecule has 2 heterocycles. The molecule has 1 aliphatic rings. The van der Waals surface area contributed by atoms with Crippen LogP contribution >= 0.6 is 46.4 Å². The first kappa shape index (κ1) is 21.6. The average molecular weight is 463 g/mol. The van der Waals surface area contributed by atoms with Crippen molar-refractivity contribution in [3.05, 3.63) is 61.3 Å². The molecule has 1 aliphatic heterocycles. The maximum atomic E-state index is 12.7. The first-order valence-corrected chi connectivity index (χ1v) is 10.3. The fraction of sp³-hybridized carbons (Fsp3) is 0.368. The van der Waals surface area contributed by atoms with E-state index >= 15 is 0 Å². The lowest BCUT2D eigenvalue weighted by Gasteiger charge is -2.35. The quantitative estimate of drug-likeness (QED) is 0.648. The SMILES string of the molecule is Cc1ccc(C(CNC(=O)c2nc(Cl)c(Cl)c(Cl)c2Cl)N2CCOCC2)cc1. The van der Waals surface area contributed by atoms with Gasteiger partial charge in [0.15, 0.2) is 0 Å². The van der Waals surface area contributed by atoms with Gasteiger partial charge < -0.3 is 10.1 Å². The number of pyridine rings is 1. The number of rotatable bonds is 5. The highest BCUT2D eigenvalue weighted by Gasteiger charge is 2.25. The summed E-state index contributed by atoms with van der Waals surface area (Å²) in [5.41, 5.74) is 2.24. The molecular formula is C19H19Cl4N3O2. The molecular weight excluding hydrogens is 444 g/mol. The van der Waals surface area contributed by atoms with Gasteiger partial charge in [0, 0.05) is 19.6 Å². The maximum Gasteiger partial charge on any atom is 0.271 e. The van der Waals surface area contributed by atoms with E-state index in [4.69, 9.17) is 51.1 Å². The van der Waals surface area contributed by atoms with E-state index in [2.05, 4.69) is 39.5 Å². The number of amides is 1. The largest absolute Gasteiger partial charge is 0.379 e. The summed E-state index contributed by atoms with van der Waals surface area (Å²) in [4.78, 5) is 19.0. The lowest BCUT2D eigenvalue weighted by atomic mass is 10.0. The third-order valence-corrected chi connectivity index (χ3v) is 6.28. The van der Waals surface area contributed by atoms with Crippen LogP contribution in [0, 0.1) is 6.92 Å². The van der Waals surface area contributed by atoms with Gasteiger partial charge in [0.25, 0.3) is 5.91 Å². The zero-order valence-corrected chi connectivity index (χ0v) is 18.2. The molecule has 1 fully saturated rings. The minimum absolute atomic E-state index is 0.00882. The van der Waals surface area contributed by atoms with Crippen molar-refractivity contribution in [2.24, 2.45) is 0 Å². The van der Waals surface area contributed by atoms with Crippen LogP contribution in [0.25, 0.3) is 0 Å². The Bertz CT molecular complexity index is 855. The molecule has 0 aliphatic carbocycles. The number of ether oxygens (including phenoxy) is 1. The van der Waals surface area contributed by atoms with Crippen LogP contribution in [-0.4, -0.2) is 48.6 Å². The zero-order chi connectivity index (χ0) is 20.3. The van der Waals surface area contributed by atoms with Crippen LogP contribution in [0.5, 0.6) is 0 Å². The average Bonchev–Trinajstić information content (AvgIpc) is 2.71. The van der Waals surface area contributed by atoms with Crippen LogP contribution < -0.4 is 5.32 Å². The fourth-order valence-electron chi connectivity index (χ4n) is 3.05. The molecule has 1 N–H and O–H groups in total. The van der Waals surface area contributed by atoms with E-state index in [9.17, 15) is 4.79 Å². The third-order valence-electron chi connectivity index (χ3n) is 4.60. The molecule has 0 spiro atoms. The summed E-state index contributed by atoms with van der Waals surface area (Å²) in [6.07, 6.45) is 0. The van der Waals surface area contributed by atoms with Crippen molar-refractivity contribution in [1.29, 1.82) is 0 Å². The molecule has 150 valence electrons. The number of aryl methyl sites for hydroxylation is 1. The summed E-state index contributed by atoms with van der Waals surface area (Å²) in [7, 11) is 0. The summed E-state index contributed by atoms with van der Waals surface area (Å²) < 4.78 is 5.45. The Morgan fingerprint density at radius 1 is 1.11 bits per heavy atom. The van der Waals surface area contributed by atoms with Crippen molar-refractivity contribution in [2.75, 3.05) is 32.8 Å². The lowest BCUT2D eigenvalue weighted by Crippen LogP contribution is -2.44. The number of carbonyl (C=O) groups excluding carboxylic acids is 1. The molecule has 1 amide bonds. The van der Waals surface area contributed by atoms with Gasteiger partial charge in [-0.05, 0) is 12.5 Å². The molecule has 0 saturated carbocycles. The van der Waals surface area contributed by atoms with Gasteiger partial charge in [-0.2, -0.15) is 0 Å². The summed E-state index contributed by atoms with van der Waals surface area (Å²) in [5.74, 6) is -0.462. The van der Waals surface area contributed by atoms with Gasteiger partial charge in [0.2, 0.25) is 0 Å². The van der Waals surface area contributed by atoms with Gasteiger partial charge in [0.1, 0.15) is 10.8 Å². The van der Waals surface area contributed by atoms with E-state index in [-0.39, 0.29) is 32.0 Å². The number of carbonyl (C=O) groups is 1. The van der Waals surface area contributed by atoms with Crippen molar-refractivity contribution in [2.45, 2.75) is 13.0 Å². The van der Waals surface area contributed by atoms with E-state index < -0.39 is 5.91 Å². The third kappa shape index (κ3) is 4.90. The van der Waals surface area contributed by atoms with Crippen LogP contribution in [0.3, 0.4) is 0 Å². The van der Waals surface area contributed by atoms with Crippen LogP contribution in [-0.2, 0) is 4.74 Å². The Balaban J connectivity index is 1.80. The van der Waals surface area contributed by atoms with E-state index in [0.29, 0.717) is 19.8 Å². The Hall–Kier alpha value is -1.08. The highest BCUT2D eigenvalue weighted by molar-refractivity contribution is 6.52. The number of halogens is 4. The van der Waals surface area contributed by atoms with Gasteiger partial charge in [-0.25, -0.2) is 4.98 Å². The smallest absolute Gasteiger partial charge is 0.271 e. The number of aromatic nitrogens is 1. The minimum atomic E-state index is -0.462. The Kier molecular flexibility index (Phi) is 7.42. The number of benzene rings is 1. The first-order chi connectivity index (χ1) is 13.4. The number of nitrogens with one attached hydrogen (secondary N) is 1. The maximum absolute atomic E-state index is 12.7. The van der Waals surface area contributed by atoms with Crippen molar-refractivity contribution in [3.8, 4) is 0 Å². The Morgan fingerprint density at radius 2 is 1.75 bits per heavy atom.